The van der Waals surface area contributed by atoms with E-state index in [2.05, 4.69) is 5.32 Å². The predicted octanol–water partition coefficient (Wildman–Crippen LogP) is 1.85. The summed E-state index contributed by atoms with van der Waals surface area (Å²) in [5.74, 6) is -0.843. The van der Waals surface area contributed by atoms with E-state index < -0.39 is 10.8 Å². The van der Waals surface area contributed by atoms with E-state index in [9.17, 15) is 19.7 Å². The van der Waals surface area contributed by atoms with Crippen molar-refractivity contribution in [2.75, 3.05) is 20.1 Å². The first kappa shape index (κ1) is 16.9. The standard InChI is InChI=1S/C13H16ClN3O4/c1-3-7-15-11(18)8-16(2)13(19)9-5-4-6-10(12(9)14)17(20)21/h4-6H,3,7-8H2,1-2H3,(H,15,18). The van der Waals surface area contributed by atoms with E-state index in [1.165, 1.54) is 25.2 Å². The topological polar surface area (TPSA) is 92.6 Å². The number of rotatable bonds is 6. The summed E-state index contributed by atoms with van der Waals surface area (Å²) < 4.78 is 0. The molecule has 0 aliphatic heterocycles. The number of hydrogen-bond acceptors (Lipinski definition) is 4. The number of carbonyl (C=O) groups is 2. The summed E-state index contributed by atoms with van der Waals surface area (Å²) in [6, 6.07) is 3.98. The third-order valence-corrected chi connectivity index (χ3v) is 3.10. The Morgan fingerprint density at radius 1 is 1.43 bits per heavy atom. The molecule has 0 saturated carbocycles. The summed E-state index contributed by atoms with van der Waals surface area (Å²) in [7, 11) is 1.43. The van der Waals surface area contributed by atoms with Crippen LogP contribution in [0.1, 0.15) is 23.7 Å². The van der Waals surface area contributed by atoms with Gasteiger partial charge in [-0.1, -0.05) is 24.6 Å². The molecule has 0 aliphatic carbocycles. The number of nitrogens with one attached hydrogen (secondary N) is 1. The van der Waals surface area contributed by atoms with E-state index in [-0.39, 0.29) is 28.7 Å². The highest BCUT2D eigenvalue weighted by Crippen LogP contribution is 2.28. The molecule has 1 aromatic carbocycles. The normalized spacial score (nSPS) is 10.0. The van der Waals surface area contributed by atoms with Crippen molar-refractivity contribution in [3.8, 4) is 0 Å². The molecule has 21 heavy (non-hydrogen) atoms. The smallest absolute Gasteiger partial charge is 0.288 e. The van der Waals surface area contributed by atoms with Crippen LogP contribution in [0.25, 0.3) is 0 Å². The van der Waals surface area contributed by atoms with E-state index in [0.29, 0.717) is 6.54 Å². The van der Waals surface area contributed by atoms with Gasteiger partial charge in [0.2, 0.25) is 5.91 Å². The molecule has 0 fully saturated rings. The van der Waals surface area contributed by atoms with Crippen molar-refractivity contribution in [2.45, 2.75) is 13.3 Å². The van der Waals surface area contributed by atoms with Gasteiger partial charge in [0.05, 0.1) is 17.0 Å². The third kappa shape index (κ3) is 4.42. The first-order chi connectivity index (χ1) is 9.88. The van der Waals surface area contributed by atoms with E-state index >= 15 is 0 Å². The summed E-state index contributed by atoms with van der Waals surface area (Å²) >= 11 is 5.87. The molecular formula is C13H16ClN3O4. The molecule has 1 aromatic rings. The molecule has 0 saturated heterocycles. The van der Waals surface area contributed by atoms with Crippen LogP contribution in [0.3, 0.4) is 0 Å². The molecule has 0 bridgehead atoms. The van der Waals surface area contributed by atoms with Crippen LogP contribution in [-0.4, -0.2) is 41.8 Å². The van der Waals surface area contributed by atoms with Gasteiger partial charge in [-0.15, -0.1) is 0 Å². The molecule has 2 amide bonds. The minimum absolute atomic E-state index is 0.00309. The molecular weight excluding hydrogens is 298 g/mol. The second-order valence-electron chi connectivity index (χ2n) is 4.41. The molecule has 0 atom stereocenters. The van der Waals surface area contributed by atoms with Crippen molar-refractivity contribution in [3.63, 3.8) is 0 Å². The van der Waals surface area contributed by atoms with Crippen molar-refractivity contribution < 1.29 is 14.5 Å². The largest absolute Gasteiger partial charge is 0.355 e. The molecule has 0 aromatic heterocycles. The number of nitro groups is 1. The van der Waals surface area contributed by atoms with Gasteiger partial charge in [-0.2, -0.15) is 0 Å². The number of carbonyl (C=O) groups excluding carboxylic acids is 2. The molecule has 8 heteroatoms. The summed E-state index contributed by atoms with van der Waals surface area (Å²) in [5, 5.41) is 13.2. The Morgan fingerprint density at radius 3 is 2.67 bits per heavy atom. The Hall–Kier alpha value is -2.15. The second-order valence-corrected chi connectivity index (χ2v) is 4.78. The molecule has 0 unspecified atom stereocenters. The highest BCUT2D eigenvalue weighted by molar-refractivity contribution is 6.35. The van der Waals surface area contributed by atoms with Gasteiger partial charge in [0.1, 0.15) is 5.02 Å². The van der Waals surface area contributed by atoms with Gasteiger partial charge < -0.3 is 10.2 Å². The maximum Gasteiger partial charge on any atom is 0.288 e. The Morgan fingerprint density at radius 2 is 2.10 bits per heavy atom. The van der Waals surface area contributed by atoms with Gasteiger partial charge in [-0.05, 0) is 12.5 Å². The predicted molar refractivity (Wildman–Crippen MR) is 78.4 cm³/mol. The van der Waals surface area contributed by atoms with Crippen LogP contribution in [0.4, 0.5) is 5.69 Å². The van der Waals surface area contributed by atoms with E-state index in [1.54, 1.807) is 0 Å². The molecule has 7 nitrogen and oxygen atoms in total. The third-order valence-electron chi connectivity index (χ3n) is 2.71. The quantitative estimate of drug-likeness (QED) is 0.640. The number of hydrogen-bond donors (Lipinski definition) is 1. The van der Waals surface area contributed by atoms with Crippen molar-refractivity contribution in [3.05, 3.63) is 38.9 Å². The Balaban J connectivity index is 2.86. The van der Waals surface area contributed by atoms with Crippen LogP contribution in [0.15, 0.2) is 18.2 Å². The van der Waals surface area contributed by atoms with Crippen LogP contribution >= 0.6 is 11.6 Å². The number of nitro benzene ring substituents is 1. The molecule has 0 spiro atoms. The second kappa shape index (κ2) is 7.58. The van der Waals surface area contributed by atoms with Crippen LogP contribution in [0.5, 0.6) is 0 Å². The lowest BCUT2D eigenvalue weighted by atomic mass is 10.1. The first-order valence-corrected chi connectivity index (χ1v) is 6.71. The Kier molecular flexibility index (Phi) is 6.10. The maximum absolute atomic E-state index is 12.2. The van der Waals surface area contributed by atoms with Gasteiger partial charge in [0.15, 0.2) is 0 Å². The molecule has 1 rings (SSSR count). The van der Waals surface area contributed by atoms with Crippen LogP contribution in [-0.2, 0) is 4.79 Å². The van der Waals surface area contributed by atoms with Gasteiger partial charge in [0, 0.05) is 19.7 Å². The van der Waals surface area contributed by atoms with Crippen molar-refractivity contribution in [1.29, 1.82) is 0 Å². The fourth-order valence-electron chi connectivity index (χ4n) is 1.64. The molecule has 0 radical (unpaired) electrons. The molecule has 114 valence electrons. The van der Waals surface area contributed by atoms with Gasteiger partial charge in [0.25, 0.3) is 11.6 Å². The Bertz CT molecular complexity index is 562. The number of benzene rings is 1. The highest BCUT2D eigenvalue weighted by atomic mass is 35.5. The number of likely N-dealkylation sites (N-methyl/N-ethyl adjacent to an activating group) is 1. The average Bonchev–Trinajstić information content (AvgIpc) is 2.44. The van der Waals surface area contributed by atoms with Crippen molar-refractivity contribution in [1.82, 2.24) is 10.2 Å². The SMILES string of the molecule is CCCNC(=O)CN(C)C(=O)c1cccc([N+](=O)[O-])c1Cl. The average molecular weight is 314 g/mol. The lowest BCUT2D eigenvalue weighted by molar-refractivity contribution is -0.384. The van der Waals surface area contributed by atoms with Crippen LogP contribution in [0.2, 0.25) is 5.02 Å². The zero-order chi connectivity index (χ0) is 16.0. The minimum Gasteiger partial charge on any atom is -0.355 e. The highest BCUT2D eigenvalue weighted by Gasteiger charge is 2.23. The van der Waals surface area contributed by atoms with Gasteiger partial charge >= 0.3 is 0 Å². The molecule has 0 aliphatic rings. The van der Waals surface area contributed by atoms with Crippen molar-refractivity contribution >= 4 is 29.1 Å². The lowest BCUT2D eigenvalue weighted by Gasteiger charge is -2.17. The van der Waals surface area contributed by atoms with Crippen LogP contribution in [0, 0.1) is 10.1 Å². The monoisotopic (exact) mass is 313 g/mol. The lowest BCUT2D eigenvalue weighted by Crippen LogP contribution is -2.38. The molecule has 0 heterocycles. The number of nitrogens with zero attached hydrogens (tertiary/aromatic N) is 2. The summed E-state index contributed by atoms with van der Waals surface area (Å²) in [6.07, 6.45) is 0.792. The van der Waals surface area contributed by atoms with Gasteiger partial charge in [-0.3, -0.25) is 19.7 Å². The van der Waals surface area contributed by atoms with E-state index in [1.807, 2.05) is 6.92 Å². The summed E-state index contributed by atoms with van der Waals surface area (Å²) in [6.45, 7) is 2.30. The number of amides is 2. The first-order valence-electron chi connectivity index (χ1n) is 6.33. The number of halogens is 1. The van der Waals surface area contributed by atoms with E-state index in [4.69, 9.17) is 11.6 Å². The van der Waals surface area contributed by atoms with Crippen molar-refractivity contribution in [2.24, 2.45) is 0 Å². The summed E-state index contributed by atoms with van der Waals surface area (Å²) in [5.41, 5.74) is -0.344. The van der Waals surface area contributed by atoms with Crippen LogP contribution < -0.4 is 5.32 Å². The zero-order valence-corrected chi connectivity index (χ0v) is 12.5. The zero-order valence-electron chi connectivity index (χ0n) is 11.8. The fraction of sp³-hybridized carbons (Fsp3) is 0.385. The fourth-order valence-corrected chi connectivity index (χ4v) is 1.91. The van der Waals surface area contributed by atoms with Gasteiger partial charge in [-0.25, -0.2) is 0 Å². The minimum atomic E-state index is -0.660. The summed E-state index contributed by atoms with van der Waals surface area (Å²) in [4.78, 5) is 35.0. The Labute approximate surface area is 127 Å². The maximum atomic E-state index is 12.2. The van der Waals surface area contributed by atoms with E-state index in [0.717, 1.165) is 11.3 Å². The molecule has 1 N–H and O–H groups in total.